The van der Waals surface area contributed by atoms with Crippen molar-refractivity contribution in [3.63, 3.8) is 0 Å². The quantitative estimate of drug-likeness (QED) is 0.818. The highest BCUT2D eigenvalue weighted by Gasteiger charge is 2.36. The van der Waals surface area contributed by atoms with Gasteiger partial charge >= 0.3 is 5.97 Å². The van der Waals surface area contributed by atoms with Crippen LogP contribution in [0.15, 0.2) is 23.1 Å². The first-order chi connectivity index (χ1) is 10.6. The number of esters is 1. The molecule has 1 aromatic rings. The van der Waals surface area contributed by atoms with Crippen molar-refractivity contribution in [1.29, 1.82) is 0 Å². The van der Waals surface area contributed by atoms with Crippen molar-refractivity contribution < 1.29 is 22.7 Å². The number of hydrogen-bond donors (Lipinski definition) is 1. The van der Waals surface area contributed by atoms with Crippen molar-refractivity contribution in [1.82, 2.24) is 4.72 Å². The second kappa shape index (κ2) is 5.93. The van der Waals surface area contributed by atoms with Gasteiger partial charge in [-0.25, -0.2) is 8.42 Å². The smallest absolute Gasteiger partial charge is 0.320 e. The molecular weight excluding hydrogens is 320 g/mol. The van der Waals surface area contributed by atoms with Gasteiger partial charge in [-0.05, 0) is 23.8 Å². The molecule has 1 amide bonds. The van der Waals surface area contributed by atoms with Crippen LogP contribution in [0, 0.1) is 0 Å². The van der Waals surface area contributed by atoms with Crippen LogP contribution in [-0.2, 0) is 29.8 Å². The summed E-state index contributed by atoms with van der Waals surface area (Å²) in [5, 5.41) is 0. The summed E-state index contributed by atoms with van der Waals surface area (Å²) in [4.78, 5) is 24.7. The summed E-state index contributed by atoms with van der Waals surface area (Å²) < 4.78 is 31.2. The van der Waals surface area contributed by atoms with Crippen molar-refractivity contribution in [2.75, 3.05) is 25.6 Å². The molecule has 7 nitrogen and oxygen atoms in total. The third-order valence-corrected chi connectivity index (χ3v) is 5.37. The molecule has 0 spiro atoms. The monoisotopic (exact) mass is 340 g/mol. The Kier molecular flexibility index (Phi) is 4.50. The van der Waals surface area contributed by atoms with Crippen LogP contribution in [-0.4, -0.2) is 41.0 Å². The van der Waals surface area contributed by atoms with Gasteiger partial charge in [-0.15, -0.1) is 0 Å². The largest absolute Gasteiger partial charge is 0.468 e. The van der Waals surface area contributed by atoms with E-state index in [-0.39, 0.29) is 10.8 Å². The predicted molar refractivity (Wildman–Crippen MR) is 84.7 cm³/mol. The molecule has 0 radical (unpaired) electrons. The Balaban J connectivity index is 2.41. The van der Waals surface area contributed by atoms with E-state index in [4.69, 9.17) is 0 Å². The van der Waals surface area contributed by atoms with E-state index in [1.807, 2.05) is 13.8 Å². The lowest BCUT2D eigenvalue weighted by Crippen LogP contribution is -2.39. The fraction of sp³-hybridized carbons (Fsp3) is 0.467. The van der Waals surface area contributed by atoms with Crippen LogP contribution in [0.2, 0.25) is 0 Å². The average Bonchev–Trinajstić information content (AvgIpc) is 2.49. The van der Waals surface area contributed by atoms with Gasteiger partial charge in [0.05, 0.1) is 12.0 Å². The molecular formula is C15H20N2O5S. The minimum Gasteiger partial charge on any atom is -0.468 e. The van der Waals surface area contributed by atoms with E-state index in [1.54, 1.807) is 19.2 Å². The summed E-state index contributed by atoms with van der Waals surface area (Å²) in [6.45, 7) is 3.36. The van der Waals surface area contributed by atoms with Gasteiger partial charge in [0.1, 0.15) is 6.54 Å². The molecule has 126 valence electrons. The Bertz CT molecular complexity index is 755. The van der Waals surface area contributed by atoms with Gasteiger partial charge in [0.2, 0.25) is 15.9 Å². The SMILES string of the molecule is COC(=O)CNS(=O)(=O)c1ccc2c(c1)C(C)(C)CC(=O)N2C. The molecule has 8 heteroatoms. The van der Waals surface area contributed by atoms with Gasteiger partial charge in [0.25, 0.3) is 0 Å². The Morgan fingerprint density at radius 1 is 1.39 bits per heavy atom. The first kappa shape index (κ1) is 17.4. The summed E-state index contributed by atoms with van der Waals surface area (Å²) in [6, 6.07) is 4.59. The predicted octanol–water partition coefficient (Wildman–Crippen LogP) is 0.782. The van der Waals surface area contributed by atoms with E-state index >= 15 is 0 Å². The molecule has 1 aliphatic rings. The summed E-state index contributed by atoms with van der Waals surface area (Å²) in [6.07, 6.45) is 0.301. The minimum atomic E-state index is -3.83. The van der Waals surface area contributed by atoms with Crippen LogP contribution in [0.1, 0.15) is 25.8 Å². The highest BCUT2D eigenvalue weighted by atomic mass is 32.2. The number of benzene rings is 1. The van der Waals surface area contributed by atoms with Crippen LogP contribution in [0.4, 0.5) is 5.69 Å². The molecule has 0 atom stereocenters. The van der Waals surface area contributed by atoms with E-state index in [0.717, 1.165) is 5.56 Å². The molecule has 0 fully saturated rings. The number of methoxy groups -OCH3 is 1. The van der Waals surface area contributed by atoms with Crippen molar-refractivity contribution >= 4 is 27.6 Å². The molecule has 0 aliphatic carbocycles. The lowest BCUT2D eigenvalue weighted by atomic mass is 9.77. The zero-order valence-corrected chi connectivity index (χ0v) is 14.4. The lowest BCUT2D eigenvalue weighted by Gasteiger charge is -2.37. The van der Waals surface area contributed by atoms with Gasteiger partial charge in [0.15, 0.2) is 0 Å². The number of carbonyl (C=O) groups is 2. The first-order valence-electron chi connectivity index (χ1n) is 7.06. The minimum absolute atomic E-state index is 0.0121. The molecule has 1 aromatic carbocycles. The number of rotatable bonds is 4. The van der Waals surface area contributed by atoms with Gasteiger partial charge in [-0.3, -0.25) is 9.59 Å². The van der Waals surface area contributed by atoms with E-state index in [2.05, 4.69) is 9.46 Å². The van der Waals surface area contributed by atoms with Crippen molar-refractivity contribution in [2.45, 2.75) is 30.6 Å². The number of nitrogens with one attached hydrogen (secondary N) is 1. The Morgan fingerprint density at radius 3 is 2.65 bits per heavy atom. The second-order valence-electron chi connectivity index (χ2n) is 6.09. The number of carbonyl (C=O) groups excluding carboxylic acids is 2. The average molecular weight is 340 g/mol. The van der Waals surface area contributed by atoms with Gasteiger partial charge in [0, 0.05) is 24.6 Å². The Labute approximate surface area is 135 Å². The van der Waals surface area contributed by atoms with Gasteiger partial charge in [-0.2, -0.15) is 4.72 Å². The molecule has 23 heavy (non-hydrogen) atoms. The zero-order valence-electron chi connectivity index (χ0n) is 13.5. The summed E-state index contributed by atoms with van der Waals surface area (Å²) in [5.74, 6) is -0.681. The van der Waals surface area contributed by atoms with E-state index in [9.17, 15) is 18.0 Å². The van der Waals surface area contributed by atoms with E-state index in [0.29, 0.717) is 12.1 Å². The molecule has 0 bridgehead atoms. The summed E-state index contributed by atoms with van der Waals surface area (Å²) in [5.41, 5.74) is 1.01. The highest BCUT2D eigenvalue weighted by molar-refractivity contribution is 7.89. The molecule has 0 unspecified atom stereocenters. The number of hydrogen-bond acceptors (Lipinski definition) is 5. The molecule has 0 saturated carbocycles. The van der Waals surface area contributed by atoms with Crippen molar-refractivity contribution in [3.8, 4) is 0 Å². The maximum absolute atomic E-state index is 12.3. The summed E-state index contributed by atoms with van der Waals surface area (Å²) >= 11 is 0. The van der Waals surface area contributed by atoms with Crippen LogP contribution in [0.5, 0.6) is 0 Å². The second-order valence-corrected chi connectivity index (χ2v) is 7.86. The topological polar surface area (TPSA) is 92.8 Å². The lowest BCUT2D eigenvalue weighted by molar-refractivity contribution is -0.139. The van der Waals surface area contributed by atoms with Gasteiger partial charge < -0.3 is 9.64 Å². The molecule has 1 heterocycles. The normalized spacial score (nSPS) is 16.9. The fourth-order valence-electron chi connectivity index (χ4n) is 2.55. The van der Waals surface area contributed by atoms with E-state index in [1.165, 1.54) is 18.1 Å². The number of fused-ring (bicyclic) bond motifs is 1. The number of anilines is 1. The van der Waals surface area contributed by atoms with Crippen LogP contribution >= 0.6 is 0 Å². The first-order valence-corrected chi connectivity index (χ1v) is 8.54. The Hall–Kier alpha value is -1.93. The summed E-state index contributed by atoms with van der Waals surface area (Å²) in [7, 11) is -0.982. The molecule has 1 aliphatic heterocycles. The standard InChI is InChI=1S/C15H20N2O5S/c1-15(2)8-13(18)17(3)12-6-5-10(7-11(12)15)23(20,21)16-9-14(19)22-4/h5-7,16H,8-9H2,1-4H3. The molecule has 2 rings (SSSR count). The van der Waals surface area contributed by atoms with Gasteiger partial charge in [-0.1, -0.05) is 13.8 Å². The van der Waals surface area contributed by atoms with Crippen LogP contribution < -0.4 is 9.62 Å². The highest BCUT2D eigenvalue weighted by Crippen LogP contribution is 2.40. The van der Waals surface area contributed by atoms with Crippen molar-refractivity contribution in [2.24, 2.45) is 0 Å². The van der Waals surface area contributed by atoms with Crippen LogP contribution in [0.25, 0.3) is 0 Å². The fourth-order valence-corrected chi connectivity index (χ4v) is 3.55. The zero-order chi connectivity index (χ0) is 17.4. The third-order valence-electron chi connectivity index (χ3n) is 3.97. The maximum atomic E-state index is 12.3. The third kappa shape index (κ3) is 3.37. The maximum Gasteiger partial charge on any atom is 0.320 e. The van der Waals surface area contributed by atoms with Crippen molar-refractivity contribution in [3.05, 3.63) is 23.8 Å². The number of amides is 1. The van der Waals surface area contributed by atoms with Crippen LogP contribution in [0.3, 0.4) is 0 Å². The molecule has 1 N–H and O–H groups in total. The number of ether oxygens (including phenoxy) is 1. The van der Waals surface area contributed by atoms with E-state index < -0.39 is 28.0 Å². The molecule has 0 aromatic heterocycles. The number of sulfonamides is 1. The Morgan fingerprint density at radius 2 is 2.04 bits per heavy atom. The molecule has 0 saturated heterocycles. The number of nitrogens with zero attached hydrogens (tertiary/aromatic N) is 1.